The van der Waals surface area contributed by atoms with Gasteiger partial charge in [-0.2, -0.15) is 0 Å². The number of hydrogen-bond donors (Lipinski definition) is 2. The van der Waals surface area contributed by atoms with Crippen LogP contribution in [0.2, 0.25) is 0 Å². The molecule has 3 saturated carbocycles. The zero-order chi connectivity index (χ0) is 35.9. The Morgan fingerprint density at radius 2 is 1.71 bits per heavy atom. The number of carbonyl (C=O) groups excluding carboxylic acids is 5. The average molecular weight is 723 g/mol. The van der Waals surface area contributed by atoms with Gasteiger partial charge in [0, 0.05) is 32.4 Å². The molecule has 12 nitrogen and oxygen atoms in total. The van der Waals surface area contributed by atoms with Crippen molar-refractivity contribution in [3.05, 3.63) is 47.5 Å². The van der Waals surface area contributed by atoms with Crippen LogP contribution in [0.5, 0.6) is 0 Å². The predicted molar refractivity (Wildman–Crippen MR) is 187 cm³/mol. The highest BCUT2D eigenvalue weighted by Gasteiger charge is 2.61. The number of ketones is 1. The van der Waals surface area contributed by atoms with Crippen LogP contribution < -0.4 is 10.0 Å². The third kappa shape index (κ3) is 7.45. The second-order valence-corrected chi connectivity index (χ2v) is 17.6. The normalized spacial score (nSPS) is 30.5. The number of ether oxygens (including phenoxy) is 1. The van der Waals surface area contributed by atoms with Crippen LogP contribution in [0, 0.1) is 17.3 Å². The van der Waals surface area contributed by atoms with Crippen LogP contribution >= 0.6 is 0 Å². The van der Waals surface area contributed by atoms with E-state index in [0.717, 1.165) is 62.5 Å². The minimum Gasteiger partial charge on any atom is -0.444 e. The molecule has 1 aromatic rings. The third-order valence-electron chi connectivity index (χ3n) is 12.1. The smallest absolute Gasteiger partial charge is 0.410 e. The summed E-state index contributed by atoms with van der Waals surface area (Å²) >= 11 is 0. The minimum atomic E-state index is -3.84. The molecule has 3 heterocycles. The van der Waals surface area contributed by atoms with Gasteiger partial charge in [0.25, 0.3) is 0 Å². The Kier molecular flexibility index (Phi) is 10.0. The summed E-state index contributed by atoms with van der Waals surface area (Å²) in [6.45, 7) is 4.63. The lowest BCUT2D eigenvalue weighted by Gasteiger charge is -2.32. The molecule has 1 aromatic carbocycles. The van der Waals surface area contributed by atoms with E-state index in [4.69, 9.17) is 4.74 Å². The topological polar surface area (TPSA) is 159 Å². The Bertz CT molecular complexity index is 1700. The highest BCUT2D eigenvalue weighted by Crippen LogP contribution is 2.57. The van der Waals surface area contributed by atoms with Crippen LogP contribution in [0.1, 0.15) is 107 Å². The first-order chi connectivity index (χ1) is 24.5. The molecule has 0 radical (unpaired) electrons. The number of hydrogen-bond acceptors (Lipinski definition) is 8. The first kappa shape index (κ1) is 35.7. The molecule has 0 aromatic heterocycles. The van der Waals surface area contributed by atoms with Gasteiger partial charge in [0.05, 0.1) is 23.3 Å². The number of nitrogens with zero attached hydrogens (tertiary/aromatic N) is 2. The van der Waals surface area contributed by atoms with Gasteiger partial charge in [-0.25, -0.2) is 13.2 Å². The number of amides is 4. The van der Waals surface area contributed by atoms with Crippen molar-refractivity contribution in [2.45, 2.75) is 133 Å². The number of allylic oxidation sites excluding steroid dienone is 1. The van der Waals surface area contributed by atoms with Crippen molar-refractivity contribution >= 4 is 39.6 Å². The van der Waals surface area contributed by atoms with E-state index in [2.05, 4.69) is 22.7 Å². The second-order valence-electron chi connectivity index (χ2n) is 15.7. The van der Waals surface area contributed by atoms with E-state index < -0.39 is 62.6 Å². The molecule has 276 valence electrons. The summed E-state index contributed by atoms with van der Waals surface area (Å²) in [4.78, 5) is 72.4. The van der Waals surface area contributed by atoms with Gasteiger partial charge in [-0.05, 0) is 79.9 Å². The Morgan fingerprint density at radius 3 is 2.41 bits per heavy atom. The standard InChI is InChI=1S/C38H50N4O8S/c1-2-27-19-38(27,36(46)40-51(48,49)29-16-17-29)20-32(43)31-18-28-22-42(31)35(45)34(25-11-7-8-12-25)39-33(44)15-6-4-3-5-10-24-13-9-14-26-21-41(23-30(24)26)37(47)50-28/h2,9,13-14,25,27-29,31,34H,1,3-8,10-12,15-23H2,(H,39,44)(H,40,46)/t27-,28-,31+,34+,38-/m1/s1. The summed E-state index contributed by atoms with van der Waals surface area (Å²) in [6.07, 6.45) is 9.44. The van der Waals surface area contributed by atoms with E-state index in [1.807, 2.05) is 12.1 Å². The predicted octanol–water partition coefficient (Wildman–Crippen LogP) is 4.05. The summed E-state index contributed by atoms with van der Waals surface area (Å²) in [5, 5.41) is 2.43. The Balaban J connectivity index is 1.15. The summed E-state index contributed by atoms with van der Waals surface area (Å²) in [5.41, 5.74) is 2.14. The van der Waals surface area contributed by atoms with Gasteiger partial charge in [-0.15, -0.1) is 6.58 Å². The fraction of sp³-hybridized carbons (Fsp3) is 0.658. The second kappa shape index (κ2) is 14.4. The first-order valence-corrected chi connectivity index (χ1v) is 20.4. The molecule has 7 rings (SSSR count). The fourth-order valence-corrected chi connectivity index (χ4v) is 10.2. The molecule has 3 aliphatic carbocycles. The molecule has 6 aliphatic rings. The van der Waals surface area contributed by atoms with Crippen LogP contribution in [-0.2, 0) is 53.4 Å². The van der Waals surface area contributed by atoms with Gasteiger partial charge >= 0.3 is 6.09 Å². The number of aryl methyl sites for hydroxylation is 1. The first-order valence-electron chi connectivity index (χ1n) is 18.9. The lowest BCUT2D eigenvalue weighted by atomic mass is 9.91. The Hall–Kier alpha value is -3.74. The van der Waals surface area contributed by atoms with Crippen LogP contribution in [-0.4, -0.2) is 77.8 Å². The number of benzene rings is 1. The van der Waals surface area contributed by atoms with Gasteiger partial charge in [-0.1, -0.05) is 50.0 Å². The summed E-state index contributed by atoms with van der Waals surface area (Å²) < 4.78 is 33.7. The van der Waals surface area contributed by atoms with Gasteiger partial charge in [0.1, 0.15) is 12.1 Å². The number of Topliss-reactive ketones (excluding diaryl/α,β-unsaturated/α-hetero) is 1. The largest absolute Gasteiger partial charge is 0.444 e. The van der Waals surface area contributed by atoms with E-state index in [-0.39, 0.29) is 43.5 Å². The van der Waals surface area contributed by atoms with E-state index in [1.165, 1.54) is 10.5 Å². The van der Waals surface area contributed by atoms with Crippen LogP contribution in [0.25, 0.3) is 0 Å². The average Bonchev–Trinajstić information content (AvgIpc) is 3.88. The molecule has 4 amide bonds. The molecule has 0 spiro atoms. The van der Waals surface area contributed by atoms with Crippen molar-refractivity contribution in [2.75, 3.05) is 6.54 Å². The van der Waals surface area contributed by atoms with Gasteiger partial charge < -0.3 is 15.0 Å². The quantitative estimate of drug-likeness (QED) is 0.381. The molecular weight excluding hydrogens is 673 g/mol. The molecule has 1 saturated heterocycles. The summed E-state index contributed by atoms with van der Waals surface area (Å²) in [7, 11) is -3.84. The number of carbonyl (C=O) groups is 5. The zero-order valence-corrected chi connectivity index (χ0v) is 30.1. The maximum atomic E-state index is 14.5. The van der Waals surface area contributed by atoms with Crippen LogP contribution in [0.3, 0.4) is 0 Å². The molecule has 3 aliphatic heterocycles. The highest BCUT2D eigenvalue weighted by molar-refractivity contribution is 7.90. The van der Waals surface area contributed by atoms with Gasteiger partial charge in [-0.3, -0.25) is 28.8 Å². The summed E-state index contributed by atoms with van der Waals surface area (Å²) in [5.74, 6) is -2.17. The van der Waals surface area contributed by atoms with E-state index in [9.17, 15) is 32.4 Å². The lowest BCUT2D eigenvalue weighted by molar-refractivity contribution is -0.143. The van der Waals surface area contributed by atoms with Gasteiger partial charge in [0.15, 0.2) is 5.78 Å². The van der Waals surface area contributed by atoms with Crippen LogP contribution in [0.15, 0.2) is 30.9 Å². The van der Waals surface area contributed by atoms with E-state index in [1.54, 1.807) is 11.0 Å². The van der Waals surface area contributed by atoms with Gasteiger partial charge in [0.2, 0.25) is 27.7 Å². The molecule has 5 atom stereocenters. The number of nitrogens with one attached hydrogen (secondary N) is 2. The molecule has 4 bridgehead atoms. The number of sulfonamides is 1. The Labute approximate surface area is 300 Å². The monoisotopic (exact) mass is 722 g/mol. The van der Waals surface area contributed by atoms with Crippen molar-refractivity contribution in [3.8, 4) is 0 Å². The van der Waals surface area contributed by atoms with Crippen LogP contribution in [0.4, 0.5) is 4.79 Å². The fourth-order valence-electron chi connectivity index (χ4n) is 8.86. The summed E-state index contributed by atoms with van der Waals surface area (Å²) in [6, 6.07) is 4.32. The molecule has 2 N–H and O–H groups in total. The van der Waals surface area contributed by atoms with Crippen molar-refractivity contribution in [1.82, 2.24) is 19.8 Å². The Morgan fingerprint density at radius 1 is 0.980 bits per heavy atom. The van der Waals surface area contributed by atoms with Crippen molar-refractivity contribution in [1.29, 1.82) is 0 Å². The third-order valence-corrected chi connectivity index (χ3v) is 14.0. The van der Waals surface area contributed by atoms with Crippen molar-refractivity contribution in [3.63, 3.8) is 0 Å². The van der Waals surface area contributed by atoms with E-state index in [0.29, 0.717) is 38.8 Å². The zero-order valence-electron chi connectivity index (χ0n) is 29.3. The number of rotatable bonds is 8. The molecule has 0 unspecified atom stereocenters. The van der Waals surface area contributed by atoms with Crippen molar-refractivity contribution in [2.24, 2.45) is 17.3 Å². The highest BCUT2D eigenvalue weighted by atomic mass is 32.2. The minimum absolute atomic E-state index is 0.0216. The molecule has 4 fully saturated rings. The van der Waals surface area contributed by atoms with Crippen molar-refractivity contribution < 1.29 is 37.1 Å². The maximum absolute atomic E-state index is 14.5. The number of fused-ring (bicyclic) bond motifs is 3. The SMILES string of the molecule is C=C[C@@H]1C[C@]1(CC(=O)[C@@H]1C[C@@H]2CN1C(=O)[C@H](C1CCCC1)NC(=O)CCCCCCc1cccc3c1CN(C3)C(=O)O2)C(=O)NS(=O)(=O)C1CC1. The molecule has 13 heteroatoms. The molecular formula is C38H50N4O8S. The lowest BCUT2D eigenvalue weighted by Crippen LogP contribution is -2.54. The maximum Gasteiger partial charge on any atom is 0.410 e. The van der Waals surface area contributed by atoms with E-state index >= 15 is 0 Å². The molecule has 51 heavy (non-hydrogen) atoms.